The molecule has 206 valence electrons. The molecule has 0 radical (unpaired) electrons. The van der Waals surface area contributed by atoms with E-state index in [0.29, 0.717) is 5.92 Å². The van der Waals surface area contributed by atoms with E-state index in [9.17, 15) is 20.0 Å². The second-order valence-electron chi connectivity index (χ2n) is 15.8. The van der Waals surface area contributed by atoms with Crippen molar-refractivity contribution in [2.24, 2.45) is 44.8 Å². The fourth-order valence-corrected chi connectivity index (χ4v) is 10.9. The van der Waals surface area contributed by atoms with Gasteiger partial charge < -0.3 is 5.11 Å². The fourth-order valence-electron chi connectivity index (χ4n) is 10.9. The summed E-state index contributed by atoms with van der Waals surface area (Å²) >= 11 is 0. The van der Waals surface area contributed by atoms with Gasteiger partial charge in [-0.3, -0.25) is 14.5 Å². The van der Waals surface area contributed by atoms with Crippen LogP contribution in [0.5, 0.6) is 0 Å². The van der Waals surface area contributed by atoms with Gasteiger partial charge in [-0.15, -0.1) is 0 Å². The average Bonchev–Trinajstić information content (AvgIpc) is 2.82. The number of nitriles is 1. The standard InChI is InChI=1S/C33H46N2O3/c1-28(2)24-8-9-32(6)25(31(24,5)15-20(17-34)27(28)38)14-23(37)26-22-16-30(4,35-18-21(36)19-35)12-10-29(22,3)11-13-33(26,32)7/h14-15,21-22,24,26,36H,8-13,16,18-19H2,1-7H3/t22-,24-,26?,29+,30-,31-,32+,33+/m0/s1. The summed E-state index contributed by atoms with van der Waals surface area (Å²) in [5.41, 5.74) is 0.205. The van der Waals surface area contributed by atoms with Crippen LogP contribution < -0.4 is 0 Å². The SMILES string of the molecule is CC1(C)C(=O)C(C#N)=C[C@]2(C)C3=CC(=O)C4[C@@H]5C[C@@](C)(N6CC(O)C6)CC[C@]5(C)CC[C@@]4(C)[C@]3(C)CC[C@@H]12. The largest absolute Gasteiger partial charge is 0.390 e. The molecule has 6 aliphatic rings. The Hall–Kier alpha value is -1.77. The van der Waals surface area contributed by atoms with E-state index in [1.165, 1.54) is 5.57 Å². The summed E-state index contributed by atoms with van der Waals surface area (Å²) in [5.74, 6) is 0.603. The Kier molecular flexibility index (Phi) is 5.36. The maximum atomic E-state index is 14.5. The molecule has 1 aliphatic heterocycles. The van der Waals surface area contributed by atoms with Crippen molar-refractivity contribution in [2.45, 2.75) is 105 Å². The first-order valence-electron chi connectivity index (χ1n) is 14.9. The Morgan fingerprint density at radius 1 is 0.974 bits per heavy atom. The number of hydrogen-bond donors (Lipinski definition) is 1. The lowest BCUT2D eigenvalue weighted by Crippen LogP contribution is -2.68. The molecule has 1 N–H and O–H groups in total. The zero-order chi connectivity index (χ0) is 27.7. The predicted octanol–water partition coefficient (Wildman–Crippen LogP) is 5.63. The molecular weight excluding hydrogens is 472 g/mol. The summed E-state index contributed by atoms with van der Waals surface area (Å²) in [6, 6.07) is 2.21. The van der Waals surface area contributed by atoms with Crippen molar-refractivity contribution >= 4 is 11.6 Å². The van der Waals surface area contributed by atoms with E-state index in [2.05, 4.69) is 45.6 Å². The molecule has 1 unspecified atom stereocenters. The Morgan fingerprint density at radius 3 is 2.26 bits per heavy atom. The van der Waals surface area contributed by atoms with E-state index in [-0.39, 0.29) is 56.9 Å². The molecule has 6 rings (SSSR count). The van der Waals surface area contributed by atoms with Crippen LogP contribution in [0.2, 0.25) is 0 Å². The van der Waals surface area contributed by atoms with Crippen LogP contribution in [0.4, 0.5) is 0 Å². The van der Waals surface area contributed by atoms with Gasteiger partial charge in [-0.1, -0.05) is 53.2 Å². The first kappa shape index (κ1) is 26.5. The average molecular weight is 519 g/mol. The van der Waals surface area contributed by atoms with Gasteiger partial charge in [0.2, 0.25) is 0 Å². The second kappa shape index (κ2) is 7.70. The van der Waals surface area contributed by atoms with Crippen LogP contribution in [0.15, 0.2) is 23.3 Å². The van der Waals surface area contributed by atoms with Crippen LogP contribution in [0.25, 0.3) is 0 Å². The van der Waals surface area contributed by atoms with E-state index >= 15 is 0 Å². The van der Waals surface area contributed by atoms with Crippen molar-refractivity contribution in [3.05, 3.63) is 23.3 Å². The number of fused-ring (bicyclic) bond motifs is 7. The molecule has 5 aliphatic carbocycles. The third kappa shape index (κ3) is 3.06. The number of Topliss-reactive ketones (excluding diaryl/α,β-unsaturated/α-hetero) is 1. The Labute approximate surface area is 228 Å². The van der Waals surface area contributed by atoms with Crippen LogP contribution in [-0.4, -0.2) is 46.3 Å². The van der Waals surface area contributed by atoms with Crippen molar-refractivity contribution in [1.82, 2.24) is 4.90 Å². The molecule has 0 bridgehead atoms. The summed E-state index contributed by atoms with van der Waals surface area (Å²) in [7, 11) is 0. The summed E-state index contributed by atoms with van der Waals surface area (Å²) in [4.78, 5) is 30.1. The minimum atomic E-state index is -0.629. The number of carbonyl (C=O) groups excluding carboxylic acids is 2. The Bertz CT molecular complexity index is 1220. The molecule has 5 nitrogen and oxygen atoms in total. The lowest BCUT2D eigenvalue weighted by Gasteiger charge is -2.69. The number of carbonyl (C=O) groups is 2. The van der Waals surface area contributed by atoms with Gasteiger partial charge >= 0.3 is 0 Å². The molecule has 0 aromatic carbocycles. The summed E-state index contributed by atoms with van der Waals surface area (Å²) in [6.07, 6.45) is 11.1. The lowest BCUT2D eigenvalue weighted by atomic mass is 9.34. The Balaban J connectivity index is 1.46. The van der Waals surface area contributed by atoms with Gasteiger partial charge in [0.05, 0.1) is 11.7 Å². The van der Waals surface area contributed by atoms with E-state index in [4.69, 9.17) is 0 Å². The van der Waals surface area contributed by atoms with E-state index < -0.39 is 10.8 Å². The van der Waals surface area contributed by atoms with Crippen LogP contribution in [0.1, 0.15) is 93.4 Å². The number of hydrogen-bond acceptors (Lipinski definition) is 5. The molecule has 0 aromatic heterocycles. The van der Waals surface area contributed by atoms with Gasteiger partial charge in [-0.2, -0.15) is 5.26 Å². The molecule has 5 heteroatoms. The van der Waals surface area contributed by atoms with Gasteiger partial charge in [-0.05, 0) is 86.0 Å². The molecule has 1 saturated heterocycles. The maximum absolute atomic E-state index is 14.5. The number of ketones is 2. The minimum absolute atomic E-state index is 0.0152. The highest BCUT2D eigenvalue weighted by atomic mass is 16.3. The monoisotopic (exact) mass is 518 g/mol. The van der Waals surface area contributed by atoms with Gasteiger partial charge in [-0.25, -0.2) is 0 Å². The zero-order valence-corrected chi connectivity index (χ0v) is 24.5. The number of likely N-dealkylation sites (tertiary alicyclic amines) is 1. The highest BCUT2D eigenvalue weighted by Gasteiger charge is 2.69. The van der Waals surface area contributed by atoms with Crippen LogP contribution in [-0.2, 0) is 9.59 Å². The highest BCUT2D eigenvalue weighted by Crippen LogP contribution is 2.74. The third-order valence-corrected chi connectivity index (χ3v) is 13.7. The van der Waals surface area contributed by atoms with Crippen molar-refractivity contribution in [1.29, 1.82) is 5.26 Å². The molecule has 3 saturated carbocycles. The van der Waals surface area contributed by atoms with E-state index in [1.807, 2.05) is 26.0 Å². The number of aliphatic hydroxyl groups excluding tert-OH is 1. The third-order valence-electron chi connectivity index (χ3n) is 13.7. The molecule has 4 fully saturated rings. The van der Waals surface area contributed by atoms with Crippen LogP contribution >= 0.6 is 0 Å². The van der Waals surface area contributed by atoms with Crippen molar-refractivity contribution < 1.29 is 14.7 Å². The van der Waals surface area contributed by atoms with Crippen molar-refractivity contribution in [2.75, 3.05) is 13.1 Å². The predicted molar refractivity (Wildman–Crippen MR) is 147 cm³/mol. The summed E-state index contributed by atoms with van der Waals surface area (Å²) in [6.45, 7) is 17.3. The van der Waals surface area contributed by atoms with Crippen molar-refractivity contribution in [3.8, 4) is 6.07 Å². The summed E-state index contributed by atoms with van der Waals surface area (Å²) in [5, 5.41) is 19.9. The number of nitrogens with zero attached hydrogens (tertiary/aromatic N) is 2. The topological polar surface area (TPSA) is 81.4 Å². The van der Waals surface area contributed by atoms with E-state index in [0.717, 1.165) is 58.0 Å². The molecule has 1 heterocycles. The number of β-amino-alcohol motifs (C(OH)–C–C–N with tert-alkyl or cyclic N) is 1. The molecule has 0 amide bonds. The van der Waals surface area contributed by atoms with Crippen molar-refractivity contribution in [3.63, 3.8) is 0 Å². The first-order chi connectivity index (χ1) is 17.6. The number of allylic oxidation sites excluding steroid dienone is 4. The molecule has 38 heavy (non-hydrogen) atoms. The highest BCUT2D eigenvalue weighted by molar-refractivity contribution is 6.04. The second-order valence-corrected chi connectivity index (χ2v) is 15.8. The van der Waals surface area contributed by atoms with E-state index in [1.54, 1.807) is 0 Å². The first-order valence-corrected chi connectivity index (χ1v) is 14.9. The van der Waals surface area contributed by atoms with Crippen LogP contribution in [0, 0.1) is 56.2 Å². The molecule has 8 atom stereocenters. The van der Waals surface area contributed by atoms with Gasteiger partial charge in [0.15, 0.2) is 11.6 Å². The molecule has 0 aromatic rings. The van der Waals surface area contributed by atoms with Gasteiger partial charge in [0, 0.05) is 35.4 Å². The summed E-state index contributed by atoms with van der Waals surface area (Å²) < 4.78 is 0. The minimum Gasteiger partial charge on any atom is -0.390 e. The van der Waals surface area contributed by atoms with Crippen LogP contribution in [0.3, 0.4) is 0 Å². The molecule has 0 spiro atoms. The zero-order valence-electron chi connectivity index (χ0n) is 24.5. The maximum Gasteiger partial charge on any atom is 0.178 e. The smallest absolute Gasteiger partial charge is 0.178 e. The lowest BCUT2D eigenvalue weighted by molar-refractivity contribution is -0.178. The fraction of sp³-hybridized carbons (Fsp3) is 0.788. The number of aliphatic hydroxyl groups is 1. The Morgan fingerprint density at radius 2 is 1.63 bits per heavy atom. The van der Waals surface area contributed by atoms with Gasteiger partial charge in [0.25, 0.3) is 0 Å². The number of rotatable bonds is 1. The van der Waals surface area contributed by atoms with Gasteiger partial charge in [0.1, 0.15) is 6.07 Å². The molecular formula is C33H46N2O3. The normalized spacial score (nSPS) is 50.3. The quantitative estimate of drug-likeness (QED) is 0.486.